The van der Waals surface area contributed by atoms with E-state index in [1.807, 2.05) is 68.4 Å². The number of ether oxygens (including phenoxy) is 1. The van der Waals surface area contributed by atoms with Crippen LogP contribution in [0, 0.1) is 11.3 Å². The van der Waals surface area contributed by atoms with Crippen LogP contribution in [-0.2, 0) is 6.42 Å². The smallest absolute Gasteiger partial charge is 0.121 e. The normalized spacial score (nSPS) is 15.8. The van der Waals surface area contributed by atoms with Gasteiger partial charge in [-0.05, 0) is 67.8 Å². The van der Waals surface area contributed by atoms with Crippen molar-refractivity contribution in [3.8, 4) is 11.8 Å². The average Bonchev–Trinajstić information content (AvgIpc) is 2.92. The van der Waals surface area contributed by atoms with Crippen LogP contribution < -0.4 is 9.64 Å². The molecule has 0 radical (unpaired) electrons. The molecule has 5 nitrogen and oxygen atoms in total. The molecule has 3 aromatic carbocycles. The van der Waals surface area contributed by atoms with E-state index in [1.165, 1.54) is 11.1 Å². The van der Waals surface area contributed by atoms with Crippen molar-refractivity contribution in [3.63, 3.8) is 0 Å². The van der Waals surface area contributed by atoms with E-state index in [-0.39, 0.29) is 12.6 Å². The van der Waals surface area contributed by atoms with Gasteiger partial charge in [-0.15, -0.1) is 0 Å². The molecule has 1 fully saturated rings. The Hall–Kier alpha value is -2.75. The minimum absolute atomic E-state index is 0.109. The number of benzene rings is 3. The van der Waals surface area contributed by atoms with Crippen LogP contribution in [0.15, 0.2) is 66.7 Å². The second kappa shape index (κ2) is 13.9. The number of hydrogen-bond acceptors (Lipinski definition) is 5. The summed E-state index contributed by atoms with van der Waals surface area (Å²) < 4.78 is 5.73. The predicted octanol–water partition coefficient (Wildman–Crippen LogP) is 7.15. The van der Waals surface area contributed by atoms with Crippen LogP contribution in [0.25, 0.3) is 0 Å². The molecule has 0 bridgehead atoms. The highest BCUT2D eigenvalue weighted by atomic mass is 35.5. The SMILES string of the molecule is CC.CC(C)(O)COc1ccc(N2CCN(CCc3ccc(C#N)cc3)C[C@H]2c2ccc(Cl)cc2)c(Cl)c1. The lowest BCUT2D eigenvalue weighted by molar-refractivity contribution is 0.0285. The van der Waals surface area contributed by atoms with Gasteiger partial charge in [0.2, 0.25) is 0 Å². The highest BCUT2D eigenvalue weighted by molar-refractivity contribution is 6.33. The topological polar surface area (TPSA) is 59.7 Å². The summed E-state index contributed by atoms with van der Waals surface area (Å²) in [5.41, 5.74) is 3.13. The third-order valence-corrected chi connectivity index (χ3v) is 6.89. The molecule has 38 heavy (non-hydrogen) atoms. The summed E-state index contributed by atoms with van der Waals surface area (Å²) in [4.78, 5) is 4.83. The summed E-state index contributed by atoms with van der Waals surface area (Å²) in [5.74, 6) is 0.634. The number of anilines is 1. The van der Waals surface area contributed by atoms with Crippen LogP contribution in [0.5, 0.6) is 5.75 Å². The molecule has 0 aliphatic carbocycles. The van der Waals surface area contributed by atoms with Gasteiger partial charge >= 0.3 is 0 Å². The van der Waals surface area contributed by atoms with Gasteiger partial charge in [-0.1, -0.05) is 61.3 Å². The lowest BCUT2D eigenvalue weighted by Crippen LogP contribution is -2.49. The number of nitriles is 1. The Morgan fingerprint density at radius 3 is 2.29 bits per heavy atom. The van der Waals surface area contributed by atoms with Crippen molar-refractivity contribution in [2.24, 2.45) is 0 Å². The third-order valence-electron chi connectivity index (χ3n) is 6.34. The summed E-state index contributed by atoms with van der Waals surface area (Å²) in [6.45, 7) is 11.1. The molecule has 1 aliphatic rings. The molecule has 4 rings (SSSR count). The van der Waals surface area contributed by atoms with Crippen molar-refractivity contribution in [3.05, 3.63) is 93.5 Å². The van der Waals surface area contributed by atoms with E-state index < -0.39 is 5.60 Å². The van der Waals surface area contributed by atoms with Crippen molar-refractivity contribution in [1.29, 1.82) is 5.26 Å². The van der Waals surface area contributed by atoms with Gasteiger partial charge < -0.3 is 14.7 Å². The molecule has 0 unspecified atom stereocenters. The van der Waals surface area contributed by atoms with Crippen molar-refractivity contribution >= 4 is 28.9 Å². The number of nitrogens with zero attached hydrogens (tertiary/aromatic N) is 3. The van der Waals surface area contributed by atoms with Crippen molar-refractivity contribution in [1.82, 2.24) is 4.90 Å². The standard InChI is InChI=1S/C29H31Cl2N3O2.C2H6/c1-29(2,35)20-36-25-11-12-27(26(31)17-25)34-16-15-33(14-13-21-3-5-22(18-32)6-4-21)19-28(34)23-7-9-24(30)10-8-23;1-2/h3-12,17,28,35H,13-16,19-20H2,1-2H3;1-2H3/t28-;/m0./s1. The van der Waals surface area contributed by atoms with Crippen LogP contribution >= 0.6 is 23.2 Å². The van der Waals surface area contributed by atoms with Crippen LogP contribution in [0.1, 0.15) is 50.4 Å². The van der Waals surface area contributed by atoms with Gasteiger partial charge in [0.15, 0.2) is 0 Å². The predicted molar refractivity (Wildman–Crippen MR) is 157 cm³/mol. The average molecular weight is 555 g/mol. The summed E-state index contributed by atoms with van der Waals surface area (Å²) in [6, 6.07) is 23.9. The molecule has 202 valence electrons. The van der Waals surface area contributed by atoms with Crippen LogP contribution in [0.3, 0.4) is 0 Å². The lowest BCUT2D eigenvalue weighted by atomic mass is 10.0. The summed E-state index contributed by atoms with van der Waals surface area (Å²) in [5, 5.41) is 20.3. The third kappa shape index (κ3) is 8.38. The maximum Gasteiger partial charge on any atom is 0.121 e. The van der Waals surface area contributed by atoms with E-state index in [0.29, 0.717) is 21.4 Å². The molecule has 1 aliphatic heterocycles. The second-order valence-corrected chi connectivity index (χ2v) is 10.7. The quantitative estimate of drug-likeness (QED) is 0.321. The fraction of sp³-hybridized carbons (Fsp3) is 0.387. The molecule has 0 spiro atoms. The summed E-state index contributed by atoms with van der Waals surface area (Å²) in [7, 11) is 0. The minimum Gasteiger partial charge on any atom is -0.491 e. The van der Waals surface area contributed by atoms with E-state index in [9.17, 15) is 5.11 Å². The van der Waals surface area contributed by atoms with Gasteiger partial charge in [0.05, 0.1) is 34.0 Å². The highest BCUT2D eigenvalue weighted by Crippen LogP contribution is 2.37. The van der Waals surface area contributed by atoms with Gasteiger partial charge in [-0.3, -0.25) is 4.90 Å². The van der Waals surface area contributed by atoms with Crippen LogP contribution in [0.4, 0.5) is 5.69 Å². The number of piperazine rings is 1. The molecule has 1 atom stereocenters. The van der Waals surface area contributed by atoms with Gasteiger partial charge in [-0.2, -0.15) is 5.26 Å². The van der Waals surface area contributed by atoms with Crippen molar-refractivity contribution < 1.29 is 9.84 Å². The molecule has 0 amide bonds. The molecule has 0 saturated carbocycles. The molecule has 3 aromatic rings. The Kier molecular flexibility index (Phi) is 10.9. The largest absolute Gasteiger partial charge is 0.491 e. The minimum atomic E-state index is -0.918. The van der Waals surface area contributed by atoms with E-state index in [4.69, 9.17) is 33.2 Å². The van der Waals surface area contributed by atoms with Gasteiger partial charge in [0.1, 0.15) is 12.4 Å². The molecule has 1 saturated heterocycles. The Labute approximate surface area is 237 Å². The molecular formula is C31H37Cl2N3O2. The molecule has 1 heterocycles. The molecule has 7 heteroatoms. The molecule has 1 N–H and O–H groups in total. The van der Waals surface area contributed by atoms with E-state index in [2.05, 4.69) is 28.0 Å². The van der Waals surface area contributed by atoms with E-state index in [0.717, 1.165) is 38.3 Å². The first-order valence-electron chi connectivity index (χ1n) is 13.1. The second-order valence-electron chi connectivity index (χ2n) is 9.83. The monoisotopic (exact) mass is 553 g/mol. The summed E-state index contributed by atoms with van der Waals surface area (Å²) in [6.07, 6.45) is 0.924. The zero-order valence-electron chi connectivity index (χ0n) is 22.6. The highest BCUT2D eigenvalue weighted by Gasteiger charge is 2.30. The van der Waals surface area contributed by atoms with Crippen molar-refractivity contribution in [2.45, 2.75) is 45.8 Å². The first-order valence-corrected chi connectivity index (χ1v) is 13.9. The van der Waals surface area contributed by atoms with Gasteiger partial charge in [0, 0.05) is 37.3 Å². The fourth-order valence-electron chi connectivity index (χ4n) is 4.40. The van der Waals surface area contributed by atoms with Crippen LogP contribution in [0.2, 0.25) is 10.0 Å². The number of aliphatic hydroxyl groups is 1. The maximum atomic E-state index is 9.96. The number of halogens is 2. The van der Waals surface area contributed by atoms with Crippen LogP contribution in [-0.4, -0.2) is 48.4 Å². The van der Waals surface area contributed by atoms with E-state index >= 15 is 0 Å². The maximum absolute atomic E-state index is 9.96. The van der Waals surface area contributed by atoms with Gasteiger partial charge in [-0.25, -0.2) is 0 Å². The Bertz CT molecular complexity index is 1200. The zero-order valence-corrected chi connectivity index (χ0v) is 24.1. The first kappa shape index (κ1) is 29.8. The van der Waals surface area contributed by atoms with Crippen molar-refractivity contribution in [2.75, 3.05) is 37.7 Å². The fourth-order valence-corrected chi connectivity index (χ4v) is 4.81. The molecule has 0 aromatic heterocycles. The summed E-state index contributed by atoms with van der Waals surface area (Å²) >= 11 is 12.9. The number of hydrogen-bond donors (Lipinski definition) is 1. The van der Waals surface area contributed by atoms with Gasteiger partial charge in [0.25, 0.3) is 0 Å². The first-order chi connectivity index (χ1) is 18.2. The Morgan fingerprint density at radius 2 is 1.68 bits per heavy atom. The number of rotatable bonds is 8. The van der Waals surface area contributed by atoms with E-state index in [1.54, 1.807) is 13.8 Å². The lowest BCUT2D eigenvalue weighted by Gasteiger charge is -2.43. The zero-order chi connectivity index (χ0) is 27.7. The Morgan fingerprint density at radius 1 is 1.00 bits per heavy atom. The Balaban J connectivity index is 0.00000195. The molecular weight excluding hydrogens is 517 g/mol.